The fourth-order valence-electron chi connectivity index (χ4n) is 4.72. The number of nitrogens with two attached hydrogens (primary N) is 2. The van der Waals surface area contributed by atoms with Crippen LogP contribution < -0.4 is 16.4 Å². The Morgan fingerprint density at radius 1 is 1.06 bits per heavy atom. The molecule has 1 aliphatic heterocycles. The lowest BCUT2D eigenvalue weighted by atomic mass is 9.74. The molecule has 1 aliphatic carbocycles. The molecule has 7 nitrogen and oxygen atoms in total. The van der Waals surface area contributed by atoms with Crippen LogP contribution in [-0.4, -0.2) is 33.0 Å². The van der Waals surface area contributed by atoms with Crippen molar-refractivity contribution in [3.63, 3.8) is 0 Å². The number of benzene rings is 1. The zero-order valence-corrected chi connectivity index (χ0v) is 18.6. The molecule has 0 amide bonds. The molecule has 0 radical (unpaired) electrons. The topological polar surface area (TPSA) is 107 Å². The molecule has 1 spiro atoms. The van der Waals surface area contributed by atoms with Crippen LogP contribution in [0.1, 0.15) is 17.2 Å². The van der Waals surface area contributed by atoms with Crippen molar-refractivity contribution in [3.05, 3.63) is 71.0 Å². The standard InChI is InChI=1S/C23H20ClN7S/c24-19-16(7-8-27-21(19)26)32-18-6-5-15-22(30-18)28-10-17(29-15)31-11-23(12-31)9-13-3-1-2-4-14(13)20(23)25/h1-8,10,20H,9,11-12,25H2,(H2,26,27)/t20-/m0/s1. The smallest absolute Gasteiger partial charge is 0.179 e. The summed E-state index contributed by atoms with van der Waals surface area (Å²) < 4.78 is 0. The van der Waals surface area contributed by atoms with Crippen LogP contribution in [0.4, 0.5) is 11.6 Å². The van der Waals surface area contributed by atoms with Gasteiger partial charge in [0.15, 0.2) is 5.65 Å². The number of halogens is 1. The molecule has 0 saturated carbocycles. The molecule has 3 aromatic heterocycles. The summed E-state index contributed by atoms with van der Waals surface area (Å²) >= 11 is 7.67. The van der Waals surface area contributed by atoms with Gasteiger partial charge in [-0.15, -0.1) is 0 Å². The summed E-state index contributed by atoms with van der Waals surface area (Å²) in [6.45, 7) is 1.76. The van der Waals surface area contributed by atoms with Gasteiger partial charge in [-0.3, -0.25) is 0 Å². The quantitative estimate of drug-likeness (QED) is 0.473. The van der Waals surface area contributed by atoms with E-state index in [9.17, 15) is 0 Å². The second kappa shape index (κ2) is 7.30. The molecular formula is C23H20ClN7S. The lowest BCUT2D eigenvalue weighted by Crippen LogP contribution is -2.60. The van der Waals surface area contributed by atoms with Crippen LogP contribution in [-0.2, 0) is 6.42 Å². The van der Waals surface area contributed by atoms with E-state index < -0.39 is 0 Å². The molecule has 4 aromatic rings. The molecule has 160 valence electrons. The van der Waals surface area contributed by atoms with E-state index in [1.54, 1.807) is 12.4 Å². The van der Waals surface area contributed by atoms with Crippen LogP contribution >= 0.6 is 23.4 Å². The number of pyridine rings is 2. The van der Waals surface area contributed by atoms with Crippen molar-refractivity contribution < 1.29 is 0 Å². The molecule has 0 unspecified atom stereocenters. The third kappa shape index (κ3) is 3.09. The highest BCUT2D eigenvalue weighted by Crippen LogP contribution is 2.50. The first-order chi connectivity index (χ1) is 15.5. The van der Waals surface area contributed by atoms with Crippen molar-refractivity contribution in [1.82, 2.24) is 19.9 Å². The van der Waals surface area contributed by atoms with Gasteiger partial charge >= 0.3 is 0 Å². The normalized spacial score (nSPS) is 18.7. The number of aromatic nitrogens is 4. The number of hydrogen-bond acceptors (Lipinski definition) is 8. The summed E-state index contributed by atoms with van der Waals surface area (Å²) in [6.07, 6.45) is 4.44. The Morgan fingerprint density at radius 2 is 1.91 bits per heavy atom. The van der Waals surface area contributed by atoms with Gasteiger partial charge in [-0.2, -0.15) is 0 Å². The maximum absolute atomic E-state index is 6.62. The Hall–Kier alpha value is -2.94. The molecule has 9 heteroatoms. The van der Waals surface area contributed by atoms with E-state index in [4.69, 9.17) is 28.1 Å². The van der Waals surface area contributed by atoms with Gasteiger partial charge < -0.3 is 16.4 Å². The van der Waals surface area contributed by atoms with E-state index in [1.165, 1.54) is 22.9 Å². The highest BCUT2D eigenvalue weighted by atomic mass is 35.5. The molecule has 1 aromatic carbocycles. The molecule has 1 saturated heterocycles. The lowest BCUT2D eigenvalue weighted by Gasteiger charge is -2.51. The summed E-state index contributed by atoms with van der Waals surface area (Å²) in [6, 6.07) is 14.2. The fourth-order valence-corrected chi connectivity index (χ4v) is 5.77. The van der Waals surface area contributed by atoms with Crippen molar-refractivity contribution in [1.29, 1.82) is 0 Å². The van der Waals surface area contributed by atoms with Gasteiger partial charge in [0.1, 0.15) is 22.2 Å². The number of nitrogens with zero attached hydrogens (tertiary/aromatic N) is 5. The van der Waals surface area contributed by atoms with Gasteiger partial charge in [-0.25, -0.2) is 19.9 Å². The fraction of sp³-hybridized carbons (Fsp3) is 0.217. The molecule has 0 bridgehead atoms. The molecule has 2 aliphatic rings. The van der Waals surface area contributed by atoms with Crippen molar-refractivity contribution >= 4 is 46.2 Å². The average Bonchev–Trinajstić information content (AvgIpc) is 3.08. The highest BCUT2D eigenvalue weighted by Gasteiger charge is 2.52. The van der Waals surface area contributed by atoms with Gasteiger partial charge in [0.05, 0.1) is 11.2 Å². The molecule has 32 heavy (non-hydrogen) atoms. The zero-order valence-electron chi connectivity index (χ0n) is 17.1. The Balaban J connectivity index is 1.21. The van der Waals surface area contributed by atoms with E-state index in [0.29, 0.717) is 16.5 Å². The zero-order chi connectivity index (χ0) is 21.9. The number of nitrogen functional groups attached to an aromatic ring is 1. The van der Waals surface area contributed by atoms with Crippen LogP contribution in [0.3, 0.4) is 0 Å². The third-order valence-corrected chi connectivity index (χ3v) is 7.90. The summed E-state index contributed by atoms with van der Waals surface area (Å²) in [4.78, 5) is 21.0. The molecular weight excluding hydrogens is 442 g/mol. The van der Waals surface area contributed by atoms with Gasteiger partial charge in [-0.1, -0.05) is 47.6 Å². The predicted octanol–water partition coefficient (Wildman–Crippen LogP) is 3.87. The monoisotopic (exact) mass is 461 g/mol. The molecule has 6 rings (SSSR count). The van der Waals surface area contributed by atoms with Gasteiger partial charge in [0, 0.05) is 35.6 Å². The van der Waals surface area contributed by atoms with E-state index in [2.05, 4.69) is 44.1 Å². The molecule has 1 atom stereocenters. The van der Waals surface area contributed by atoms with Crippen LogP contribution in [0.25, 0.3) is 11.2 Å². The van der Waals surface area contributed by atoms with Crippen LogP contribution in [0.5, 0.6) is 0 Å². The maximum Gasteiger partial charge on any atom is 0.179 e. The molecule has 4 heterocycles. The van der Waals surface area contributed by atoms with Crippen LogP contribution in [0.15, 0.2) is 64.8 Å². The molecule has 4 N–H and O–H groups in total. The van der Waals surface area contributed by atoms with Crippen LogP contribution in [0, 0.1) is 5.41 Å². The lowest BCUT2D eigenvalue weighted by molar-refractivity contribution is 0.181. The first kappa shape index (κ1) is 19.7. The summed E-state index contributed by atoms with van der Waals surface area (Å²) in [5, 5.41) is 1.20. The average molecular weight is 462 g/mol. The van der Waals surface area contributed by atoms with E-state index in [1.807, 2.05) is 18.2 Å². The van der Waals surface area contributed by atoms with Crippen molar-refractivity contribution in [3.8, 4) is 0 Å². The molecule has 1 fully saturated rings. The van der Waals surface area contributed by atoms with E-state index in [-0.39, 0.29) is 11.5 Å². The first-order valence-corrected chi connectivity index (χ1v) is 11.5. The highest BCUT2D eigenvalue weighted by molar-refractivity contribution is 7.99. The van der Waals surface area contributed by atoms with E-state index >= 15 is 0 Å². The minimum atomic E-state index is 0.0682. The Kier molecular flexibility index (Phi) is 4.50. The van der Waals surface area contributed by atoms with Crippen molar-refractivity contribution in [2.45, 2.75) is 22.4 Å². The number of anilines is 2. The largest absolute Gasteiger partial charge is 0.382 e. The minimum absolute atomic E-state index is 0.0682. The maximum atomic E-state index is 6.62. The summed E-state index contributed by atoms with van der Waals surface area (Å²) in [5.41, 5.74) is 16.5. The third-order valence-electron chi connectivity index (χ3n) is 6.39. The van der Waals surface area contributed by atoms with Gasteiger partial charge in [0.25, 0.3) is 0 Å². The van der Waals surface area contributed by atoms with E-state index in [0.717, 1.165) is 40.8 Å². The number of hydrogen-bond donors (Lipinski definition) is 2. The summed E-state index contributed by atoms with van der Waals surface area (Å²) in [5.74, 6) is 1.16. The predicted molar refractivity (Wildman–Crippen MR) is 127 cm³/mol. The van der Waals surface area contributed by atoms with Gasteiger partial charge in [-0.05, 0) is 35.7 Å². The SMILES string of the molecule is Nc1nccc(Sc2ccc3nc(N4CC5(Cc6ccccc6[C@@H]5N)C4)cnc3n2)c1Cl. The Bertz CT molecular complexity index is 1360. The number of fused-ring (bicyclic) bond motifs is 2. The van der Waals surface area contributed by atoms with Gasteiger partial charge in [0.2, 0.25) is 0 Å². The second-order valence-corrected chi connectivity index (χ2v) is 9.84. The second-order valence-electron chi connectivity index (χ2n) is 8.40. The van der Waals surface area contributed by atoms with Crippen molar-refractivity contribution in [2.75, 3.05) is 23.7 Å². The summed E-state index contributed by atoms with van der Waals surface area (Å²) in [7, 11) is 0. The number of rotatable bonds is 3. The Morgan fingerprint density at radius 3 is 2.75 bits per heavy atom. The first-order valence-electron chi connectivity index (χ1n) is 10.3. The Labute approximate surface area is 194 Å². The minimum Gasteiger partial charge on any atom is -0.382 e. The van der Waals surface area contributed by atoms with Crippen molar-refractivity contribution in [2.24, 2.45) is 11.1 Å². The van der Waals surface area contributed by atoms with Crippen LogP contribution in [0.2, 0.25) is 5.02 Å².